The number of carbonyl (C=O) groups excluding carboxylic acids is 2. The molecule has 0 heterocycles. The topological polar surface area (TPSA) is 83.5 Å². The van der Waals surface area contributed by atoms with Crippen molar-refractivity contribution in [2.45, 2.75) is 31.7 Å². The maximum absolute atomic E-state index is 13.1. The van der Waals surface area contributed by atoms with Gasteiger partial charge in [-0.3, -0.25) is 9.59 Å². The van der Waals surface area contributed by atoms with E-state index in [-0.39, 0.29) is 16.9 Å². The van der Waals surface area contributed by atoms with Gasteiger partial charge in [0.15, 0.2) is 11.2 Å². The first-order valence-electron chi connectivity index (χ1n) is 9.26. The lowest BCUT2D eigenvalue weighted by atomic mass is 9.87. The van der Waals surface area contributed by atoms with Crippen molar-refractivity contribution in [1.82, 2.24) is 5.32 Å². The van der Waals surface area contributed by atoms with E-state index in [0.29, 0.717) is 11.3 Å². The number of rotatable bonds is 7. The molecule has 146 valence electrons. The molecule has 3 rings (SSSR count). The zero-order valence-corrected chi connectivity index (χ0v) is 16.4. The second kappa shape index (κ2) is 9.06. The Balaban J connectivity index is 1.84. The molecule has 2 aromatic rings. The number of carbonyl (C=O) groups is 3. The van der Waals surface area contributed by atoms with Gasteiger partial charge in [0, 0.05) is 12.7 Å². The van der Waals surface area contributed by atoms with Gasteiger partial charge in [-0.05, 0) is 35.4 Å². The van der Waals surface area contributed by atoms with Crippen molar-refractivity contribution in [3.8, 4) is 0 Å². The van der Waals surface area contributed by atoms with Gasteiger partial charge in [-0.1, -0.05) is 66.4 Å². The second-order valence-corrected chi connectivity index (χ2v) is 8.14. The molecular formula is C22H23NO4S. The van der Waals surface area contributed by atoms with Crippen molar-refractivity contribution >= 4 is 28.8 Å². The van der Waals surface area contributed by atoms with Crippen molar-refractivity contribution in [2.75, 3.05) is 5.75 Å². The maximum atomic E-state index is 13.1. The van der Waals surface area contributed by atoms with Crippen LogP contribution in [0.2, 0.25) is 0 Å². The van der Waals surface area contributed by atoms with Crippen LogP contribution >= 0.6 is 11.8 Å². The lowest BCUT2D eigenvalue weighted by Crippen LogP contribution is -2.40. The van der Waals surface area contributed by atoms with Crippen LogP contribution in [0.25, 0.3) is 0 Å². The number of carboxylic acid groups (broad SMARTS) is 1. The number of amides is 1. The van der Waals surface area contributed by atoms with E-state index in [2.05, 4.69) is 11.4 Å². The van der Waals surface area contributed by atoms with Gasteiger partial charge in [0.05, 0.1) is 5.92 Å². The Morgan fingerprint density at radius 2 is 1.79 bits per heavy atom. The highest BCUT2D eigenvalue weighted by molar-refractivity contribution is 8.13. The number of aryl methyl sites for hydroxylation is 1. The molecular weight excluding hydrogens is 374 g/mol. The summed E-state index contributed by atoms with van der Waals surface area (Å²) in [6.07, 6.45) is 1.70. The van der Waals surface area contributed by atoms with E-state index >= 15 is 0 Å². The Hall–Kier alpha value is -2.60. The minimum atomic E-state index is -1.12. The van der Waals surface area contributed by atoms with Crippen LogP contribution in [-0.2, 0) is 20.8 Å². The van der Waals surface area contributed by atoms with Crippen molar-refractivity contribution in [3.63, 3.8) is 0 Å². The molecule has 1 aliphatic carbocycles. The molecule has 0 fully saturated rings. The summed E-state index contributed by atoms with van der Waals surface area (Å²) < 4.78 is 0. The van der Waals surface area contributed by atoms with Crippen LogP contribution in [0.4, 0.5) is 0 Å². The molecule has 2 N–H and O–H groups in total. The van der Waals surface area contributed by atoms with Crippen molar-refractivity contribution < 1.29 is 19.5 Å². The number of hydrogen-bond donors (Lipinski definition) is 2. The van der Waals surface area contributed by atoms with Crippen molar-refractivity contribution in [2.24, 2.45) is 5.92 Å². The minimum absolute atomic E-state index is 0.0201. The summed E-state index contributed by atoms with van der Waals surface area (Å²) in [4.78, 5) is 36.4. The molecule has 2 aromatic carbocycles. The second-order valence-electron chi connectivity index (χ2n) is 6.94. The Morgan fingerprint density at radius 3 is 2.46 bits per heavy atom. The van der Waals surface area contributed by atoms with Gasteiger partial charge in [-0.25, -0.2) is 4.79 Å². The predicted molar refractivity (Wildman–Crippen MR) is 109 cm³/mol. The molecule has 1 aliphatic rings. The summed E-state index contributed by atoms with van der Waals surface area (Å²) in [6.45, 7) is 1.48. The van der Waals surface area contributed by atoms with Crippen LogP contribution in [0.1, 0.15) is 42.0 Å². The molecule has 5 nitrogen and oxygen atoms in total. The van der Waals surface area contributed by atoms with Gasteiger partial charge < -0.3 is 10.4 Å². The van der Waals surface area contributed by atoms with Gasteiger partial charge in [0.2, 0.25) is 5.91 Å². The molecule has 3 atom stereocenters. The Morgan fingerprint density at radius 1 is 1.11 bits per heavy atom. The number of fused-ring (bicyclic) bond motifs is 1. The third-order valence-electron chi connectivity index (χ3n) is 5.13. The summed E-state index contributed by atoms with van der Waals surface area (Å²) in [6, 6.07) is 15.6. The lowest BCUT2D eigenvalue weighted by molar-refractivity contribution is -0.142. The summed E-state index contributed by atoms with van der Waals surface area (Å²) in [5, 5.41) is 12.3. The number of thioether (sulfide) groups is 1. The quantitative estimate of drug-likeness (QED) is 0.746. The maximum Gasteiger partial charge on any atom is 0.330 e. The van der Waals surface area contributed by atoms with Gasteiger partial charge in [-0.15, -0.1) is 0 Å². The van der Waals surface area contributed by atoms with E-state index in [0.717, 1.165) is 30.2 Å². The molecule has 0 aliphatic heterocycles. The van der Waals surface area contributed by atoms with Crippen LogP contribution in [0.15, 0.2) is 54.6 Å². The molecule has 0 bridgehead atoms. The van der Waals surface area contributed by atoms with Crippen LogP contribution < -0.4 is 5.32 Å². The van der Waals surface area contributed by atoms with Crippen LogP contribution in [0.5, 0.6) is 0 Å². The number of carboxylic acids is 1. The number of nitrogens with one attached hydrogen (secondary N) is 1. The summed E-state index contributed by atoms with van der Waals surface area (Å²) in [5.74, 6) is -1.59. The van der Waals surface area contributed by atoms with Gasteiger partial charge >= 0.3 is 5.97 Å². The molecule has 0 saturated heterocycles. The standard InChI is InChI=1S/C22H23NO4S/c1-14(24)28-13-19(18-12-11-15-7-5-6-10-17(15)18)21(25)23-20(22(26)27)16-8-3-2-4-9-16/h2-10,18-20H,11-13H2,1H3,(H,23,25)(H,26,27)/t18?,19?,20-/m1/s1. The van der Waals surface area contributed by atoms with Gasteiger partial charge in [0.1, 0.15) is 0 Å². The number of benzene rings is 2. The molecule has 0 radical (unpaired) electrons. The fraction of sp³-hybridized carbons (Fsp3) is 0.318. The fourth-order valence-corrected chi connectivity index (χ4v) is 4.57. The first kappa shape index (κ1) is 20.1. The van der Waals surface area contributed by atoms with Crippen molar-refractivity contribution in [1.29, 1.82) is 0 Å². The number of hydrogen-bond acceptors (Lipinski definition) is 4. The Labute approximate surface area is 168 Å². The highest BCUT2D eigenvalue weighted by Crippen LogP contribution is 2.40. The van der Waals surface area contributed by atoms with Crippen LogP contribution in [-0.4, -0.2) is 27.9 Å². The highest BCUT2D eigenvalue weighted by atomic mass is 32.2. The predicted octanol–water partition coefficient (Wildman–Crippen LogP) is 3.55. The normalized spacial score (nSPS) is 17.4. The van der Waals surface area contributed by atoms with Crippen molar-refractivity contribution in [3.05, 3.63) is 71.3 Å². The average molecular weight is 397 g/mol. The Bertz CT molecular complexity index is 868. The SMILES string of the molecule is CC(=O)SCC(C(=O)N[C@@H](C(=O)O)c1ccccc1)C1CCc2ccccc21. The van der Waals surface area contributed by atoms with E-state index in [1.54, 1.807) is 30.3 Å². The fourth-order valence-electron chi connectivity index (χ4n) is 3.77. The largest absolute Gasteiger partial charge is 0.479 e. The summed E-state index contributed by atoms with van der Waals surface area (Å²) >= 11 is 1.11. The van der Waals surface area contributed by atoms with Gasteiger partial charge in [-0.2, -0.15) is 0 Å². The van der Waals surface area contributed by atoms with E-state index in [1.807, 2.05) is 18.2 Å². The van der Waals surface area contributed by atoms with Gasteiger partial charge in [0.25, 0.3) is 0 Å². The third kappa shape index (κ3) is 4.62. The molecule has 0 aromatic heterocycles. The van der Waals surface area contributed by atoms with E-state index in [1.165, 1.54) is 12.5 Å². The Kier molecular flexibility index (Phi) is 6.52. The first-order valence-corrected chi connectivity index (χ1v) is 10.2. The minimum Gasteiger partial charge on any atom is -0.479 e. The molecule has 1 amide bonds. The molecule has 6 heteroatoms. The number of aliphatic carboxylic acids is 1. The van der Waals surface area contributed by atoms with Crippen LogP contribution in [0.3, 0.4) is 0 Å². The van der Waals surface area contributed by atoms with E-state index < -0.39 is 17.9 Å². The molecule has 2 unspecified atom stereocenters. The zero-order valence-electron chi connectivity index (χ0n) is 15.6. The summed E-state index contributed by atoms with van der Waals surface area (Å²) in [5.41, 5.74) is 2.86. The van der Waals surface area contributed by atoms with E-state index in [9.17, 15) is 19.5 Å². The average Bonchev–Trinajstić information content (AvgIpc) is 3.10. The summed E-state index contributed by atoms with van der Waals surface area (Å²) in [7, 11) is 0. The lowest BCUT2D eigenvalue weighted by Gasteiger charge is -2.25. The first-order chi connectivity index (χ1) is 13.5. The zero-order chi connectivity index (χ0) is 20.1. The third-order valence-corrected chi connectivity index (χ3v) is 6.07. The molecule has 0 spiro atoms. The molecule has 28 heavy (non-hydrogen) atoms. The van der Waals surface area contributed by atoms with Crippen LogP contribution in [0, 0.1) is 5.92 Å². The highest BCUT2D eigenvalue weighted by Gasteiger charge is 2.36. The monoisotopic (exact) mass is 397 g/mol. The van der Waals surface area contributed by atoms with E-state index in [4.69, 9.17) is 0 Å². The smallest absolute Gasteiger partial charge is 0.330 e. The molecule has 0 saturated carbocycles.